The molecule has 1 atom stereocenters. The number of fused-ring (bicyclic) bond motifs is 1. The van der Waals surface area contributed by atoms with E-state index in [1.807, 2.05) is 55.1 Å². The van der Waals surface area contributed by atoms with Crippen molar-refractivity contribution < 1.29 is 4.79 Å². The molecular weight excluding hydrogens is 346 g/mol. The van der Waals surface area contributed by atoms with Gasteiger partial charge < -0.3 is 4.90 Å². The number of amides is 1. The Morgan fingerprint density at radius 3 is 2.35 bits per heavy atom. The second kappa shape index (κ2) is 6.29. The monoisotopic (exact) mass is 365 g/mol. The van der Waals surface area contributed by atoms with Crippen LogP contribution in [0.15, 0.2) is 48.5 Å². The molecule has 0 fully saturated rings. The van der Waals surface area contributed by atoms with Gasteiger partial charge in [0, 0.05) is 22.2 Å². The van der Waals surface area contributed by atoms with Crippen molar-refractivity contribution in [2.45, 2.75) is 32.9 Å². The fourth-order valence-electron chi connectivity index (χ4n) is 3.60. The molecule has 0 aliphatic carbocycles. The number of carbonyl (C=O) groups excluding carboxylic acids is 1. The van der Waals surface area contributed by atoms with E-state index in [2.05, 4.69) is 29.3 Å². The Balaban J connectivity index is 1.90. The summed E-state index contributed by atoms with van der Waals surface area (Å²) < 4.78 is 0. The van der Waals surface area contributed by atoms with Crippen molar-refractivity contribution in [3.8, 4) is 11.3 Å². The minimum atomic E-state index is -0.176. The molecule has 3 aromatic rings. The second-order valence-electron chi connectivity index (χ2n) is 6.99. The van der Waals surface area contributed by atoms with Gasteiger partial charge in [0.1, 0.15) is 5.69 Å². The Morgan fingerprint density at radius 2 is 1.73 bits per heavy atom. The predicted molar refractivity (Wildman–Crippen MR) is 103 cm³/mol. The highest BCUT2D eigenvalue weighted by Crippen LogP contribution is 2.43. The molecule has 4 rings (SSSR count). The summed E-state index contributed by atoms with van der Waals surface area (Å²) in [6.07, 6.45) is 0. The minimum Gasteiger partial charge on any atom is -0.324 e. The maximum absolute atomic E-state index is 13.0. The molecule has 1 aliphatic heterocycles. The quantitative estimate of drug-likeness (QED) is 0.710. The number of hydrogen-bond donors (Lipinski definition) is 1. The van der Waals surface area contributed by atoms with Gasteiger partial charge in [0.05, 0.1) is 11.7 Å². The van der Waals surface area contributed by atoms with E-state index in [1.54, 1.807) is 0 Å². The molecule has 4 nitrogen and oxygen atoms in total. The molecule has 0 saturated heterocycles. The number of aromatic amines is 1. The van der Waals surface area contributed by atoms with Crippen LogP contribution in [0.2, 0.25) is 5.02 Å². The summed E-state index contributed by atoms with van der Waals surface area (Å²) in [5.41, 5.74) is 5.58. The number of hydrogen-bond acceptors (Lipinski definition) is 2. The van der Waals surface area contributed by atoms with Crippen molar-refractivity contribution in [3.63, 3.8) is 0 Å². The van der Waals surface area contributed by atoms with Crippen LogP contribution in [-0.4, -0.2) is 27.0 Å². The maximum atomic E-state index is 13.0. The number of halogens is 1. The van der Waals surface area contributed by atoms with Crippen LogP contribution in [0.1, 0.15) is 47.1 Å². The average molecular weight is 366 g/mol. The minimum absolute atomic E-state index is 0.0131. The number of aromatic nitrogens is 2. The normalized spacial score (nSPS) is 16.4. The zero-order chi connectivity index (χ0) is 18.4. The van der Waals surface area contributed by atoms with Crippen LogP contribution in [-0.2, 0) is 0 Å². The van der Waals surface area contributed by atoms with Gasteiger partial charge in [0.25, 0.3) is 5.91 Å². The third kappa shape index (κ3) is 2.61. The molecule has 1 aromatic heterocycles. The van der Waals surface area contributed by atoms with Gasteiger partial charge in [-0.15, -0.1) is 0 Å². The molecule has 0 spiro atoms. The van der Waals surface area contributed by atoms with E-state index in [-0.39, 0.29) is 18.0 Å². The molecule has 0 radical (unpaired) electrons. The highest BCUT2D eigenvalue weighted by molar-refractivity contribution is 6.30. The molecule has 5 heteroatoms. The number of benzene rings is 2. The Bertz CT molecular complexity index is 958. The number of nitrogens with one attached hydrogen (secondary N) is 1. The Kier molecular flexibility index (Phi) is 4.08. The van der Waals surface area contributed by atoms with Gasteiger partial charge in [0.15, 0.2) is 0 Å². The molecule has 2 heterocycles. The second-order valence-corrected chi connectivity index (χ2v) is 7.42. The molecule has 1 unspecified atom stereocenters. The topological polar surface area (TPSA) is 49.0 Å². The Labute approximate surface area is 157 Å². The zero-order valence-electron chi connectivity index (χ0n) is 15.0. The van der Waals surface area contributed by atoms with Crippen molar-refractivity contribution in [2.75, 3.05) is 0 Å². The van der Waals surface area contributed by atoms with Crippen LogP contribution in [0, 0.1) is 6.92 Å². The average Bonchev–Trinajstić information content (AvgIpc) is 3.16. The molecule has 0 bridgehead atoms. The lowest BCUT2D eigenvalue weighted by Crippen LogP contribution is -2.35. The zero-order valence-corrected chi connectivity index (χ0v) is 15.7. The van der Waals surface area contributed by atoms with Gasteiger partial charge >= 0.3 is 0 Å². The lowest BCUT2D eigenvalue weighted by atomic mass is 9.95. The van der Waals surface area contributed by atoms with Crippen LogP contribution < -0.4 is 0 Å². The first-order chi connectivity index (χ1) is 12.5. The number of aryl methyl sites for hydroxylation is 1. The maximum Gasteiger partial charge on any atom is 0.273 e. The van der Waals surface area contributed by atoms with Crippen LogP contribution in [0.4, 0.5) is 0 Å². The van der Waals surface area contributed by atoms with E-state index in [1.165, 1.54) is 5.56 Å². The van der Waals surface area contributed by atoms with Crippen LogP contribution in [0.5, 0.6) is 0 Å². The summed E-state index contributed by atoms with van der Waals surface area (Å²) in [7, 11) is 0. The number of H-pyrrole nitrogens is 1. The molecular formula is C21H20ClN3O. The van der Waals surface area contributed by atoms with Crippen molar-refractivity contribution in [1.82, 2.24) is 15.1 Å². The van der Waals surface area contributed by atoms with E-state index < -0.39 is 0 Å². The highest BCUT2D eigenvalue weighted by atomic mass is 35.5. The van der Waals surface area contributed by atoms with Crippen molar-refractivity contribution in [3.05, 3.63) is 75.9 Å². The largest absolute Gasteiger partial charge is 0.324 e. The van der Waals surface area contributed by atoms with Gasteiger partial charge in [-0.3, -0.25) is 9.89 Å². The summed E-state index contributed by atoms with van der Waals surface area (Å²) in [5, 5.41) is 8.14. The first-order valence-electron chi connectivity index (χ1n) is 8.71. The lowest BCUT2D eigenvalue weighted by Gasteiger charge is -2.30. The summed E-state index contributed by atoms with van der Waals surface area (Å²) in [5.74, 6) is -0.0131. The van der Waals surface area contributed by atoms with Crippen molar-refractivity contribution in [2.24, 2.45) is 0 Å². The lowest BCUT2D eigenvalue weighted by molar-refractivity contribution is 0.0688. The summed E-state index contributed by atoms with van der Waals surface area (Å²) >= 11 is 6.07. The van der Waals surface area contributed by atoms with Gasteiger partial charge in [-0.05, 0) is 38.5 Å². The van der Waals surface area contributed by atoms with Gasteiger partial charge in [-0.25, -0.2) is 0 Å². The van der Waals surface area contributed by atoms with Gasteiger partial charge in [-0.1, -0.05) is 53.6 Å². The fourth-order valence-corrected chi connectivity index (χ4v) is 3.73. The van der Waals surface area contributed by atoms with Crippen LogP contribution in [0.25, 0.3) is 11.3 Å². The van der Waals surface area contributed by atoms with E-state index in [0.29, 0.717) is 10.7 Å². The van der Waals surface area contributed by atoms with E-state index in [4.69, 9.17) is 11.6 Å². The third-order valence-corrected chi connectivity index (χ3v) is 5.12. The third-order valence-electron chi connectivity index (χ3n) is 4.87. The van der Waals surface area contributed by atoms with Crippen LogP contribution >= 0.6 is 11.6 Å². The van der Waals surface area contributed by atoms with Crippen molar-refractivity contribution in [1.29, 1.82) is 0 Å². The fraction of sp³-hybridized carbons (Fsp3) is 0.238. The number of rotatable bonds is 3. The molecule has 0 saturated carbocycles. The number of carbonyl (C=O) groups is 1. The molecule has 1 aliphatic rings. The molecule has 26 heavy (non-hydrogen) atoms. The molecule has 2 aromatic carbocycles. The predicted octanol–water partition coefficient (Wildman–Crippen LogP) is 4.99. The standard InChI is InChI=1S/C21H20ClN3O/c1-12(2)25-20(15-8-10-16(22)11-9-15)17-18(23-24-19(17)21(25)26)14-6-4-13(3)5-7-14/h4-12,20H,1-3H3,(H,23,24). The van der Waals surface area contributed by atoms with Crippen LogP contribution in [0.3, 0.4) is 0 Å². The van der Waals surface area contributed by atoms with Gasteiger partial charge in [0.2, 0.25) is 0 Å². The summed E-state index contributed by atoms with van der Waals surface area (Å²) in [4.78, 5) is 14.9. The van der Waals surface area contributed by atoms with E-state index in [9.17, 15) is 4.79 Å². The summed E-state index contributed by atoms with van der Waals surface area (Å²) in [6.45, 7) is 6.12. The molecule has 1 amide bonds. The summed E-state index contributed by atoms with van der Waals surface area (Å²) in [6, 6.07) is 15.8. The Morgan fingerprint density at radius 1 is 1.08 bits per heavy atom. The van der Waals surface area contributed by atoms with E-state index >= 15 is 0 Å². The van der Waals surface area contributed by atoms with Gasteiger partial charge in [-0.2, -0.15) is 5.10 Å². The van der Waals surface area contributed by atoms with E-state index in [0.717, 1.165) is 22.4 Å². The first kappa shape index (κ1) is 16.9. The smallest absolute Gasteiger partial charge is 0.273 e. The first-order valence-corrected chi connectivity index (χ1v) is 9.08. The molecule has 132 valence electrons. The Hall–Kier alpha value is -2.59. The molecule has 1 N–H and O–H groups in total. The highest BCUT2D eigenvalue weighted by Gasteiger charge is 2.43. The number of nitrogens with zero attached hydrogens (tertiary/aromatic N) is 2. The van der Waals surface area contributed by atoms with Crippen molar-refractivity contribution >= 4 is 17.5 Å². The SMILES string of the molecule is Cc1ccc(-c2n[nH]c3c2C(c2ccc(Cl)cc2)N(C(C)C)C3=O)cc1.